The van der Waals surface area contributed by atoms with Gasteiger partial charge in [-0.25, -0.2) is 16.8 Å². The molecule has 10 nitrogen and oxygen atoms in total. The number of piperidine rings is 2. The summed E-state index contributed by atoms with van der Waals surface area (Å²) in [7, 11) is -7.04. The number of oxime groups is 1. The van der Waals surface area contributed by atoms with Gasteiger partial charge in [0.1, 0.15) is 8.42 Å². The van der Waals surface area contributed by atoms with E-state index in [1.165, 1.54) is 40.0 Å². The summed E-state index contributed by atoms with van der Waals surface area (Å²) in [5.74, 6) is 0.674. The Morgan fingerprint density at radius 2 is 1.14 bits per heavy atom. The molecule has 348 valence electrons. The minimum atomic E-state index is -3.55. The molecule has 0 spiro atoms. The lowest BCUT2D eigenvalue weighted by Crippen LogP contribution is -2.43. The summed E-state index contributed by atoms with van der Waals surface area (Å²) in [6, 6.07) is 46.9. The van der Waals surface area contributed by atoms with Gasteiger partial charge in [-0.05, 0) is 135 Å². The van der Waals surface area contributed by atoms with E-state index in [-0.39, 0.29) is 0 Å². The Labute approximate surface area is 403 Å². The van der Waals surface area contributed by atoms with Crippen LogP contribution in [0.3, 0.4) is 0 Å². The fraction of sp³-hybridized carbons (Fsp3) is 0.340. The molecule has 0 amide bonds. The Balaban J connectivity index is 0.000000197. The molecule has 2 fully saturated rings. The number of aryl methyl sites for hydroxylation is 1. The molecule has 0 aliphatic carbocycles. The average molecular weight is 1020 g/mol. The molecular formula is C50H62BrN5O5S4. The number of sulfonamides is 2. The number of anilines is 2. The highest BCUT2D eigenvalue weighted by atomic mass is 79.9. The Morgan fingerprint density at radius 3 is 1.57 bits per heavy atom. The van der Waals surface area contributed by atoms with E-state index in [0.29, 0.717) is 33.3 Å². The summed E-state index contributed by atoms with van der Waals surface area (Å²) in [4.78, 5) is 2.49. The van der Waals surface area contributed by atoms with Crippen LogP contribution in [0.25, 0.3) is 0 Å². The molecule has 4 aromatic carbocycles. The second-order valence-corrected chi connectivity index (χ2v) is 22.5. The van der Waals surface area contributed by atoms with Crippen LogP contribution in [0.5, 0.6) is 0 Å². The number of rotatable bonds is 15. The van der Waals surface area contributed by atoms with E-state index < -0.39 is 20.0 Å². The minimum Gasteiger partial charge on any atom is -0.411 e. The van der Waals surface area contributed by atoms with Gasteiger partial charge in [-0.3, -0.25) is 8.61 Å². The number of hydrogen-bond acceptors (Lipinski definition) is 10. The summed E-state index contributed by atoms with van der Waals surface area (Å²) >= 11 is 5.94. The van der Waals surface area contributed by atoms with E-state index >= 15 is 0 Å². The number of nitrogens with zero attached hydrogens (tertiary/aromatic N) is 4. The van der Waals surface area contributed by atoms with Gasteiger partial charge in [0.15, 0.2) is 0 Å². The van der Waals surface area contributed by atoms with E-state index in [1.54, 1.807) is 45.2 Å². The SMILES string of the molecule is BrCCc1ccccc1.C/C=N/O.O=S(=O)(c1cccs1)N(CC1CCCN(CCc2ccccc2)C1)c1ccccc1.O=S(=O)(c1cccs1)N(CC1CCCNC1)c1ccccc1. The maximum absolute atomic E-state index is 13.4. The molecule has 2 N–H and O–H groups in total. The third-order valence-electron chi connectivity index (χ3n) is 10.9. The topological polar surface area (TPSA) is 123 Å². The standard InChI is InChI=1S/C24H28N2O2S2.C16H20N2O2S2.C8H9Br.C2H5NO/c27-30(28,24-14-8-18-29-24)26(23-12-5-2-6-13-23)20-22-11-7-16-25(19-22)17-15-21-9-3-1-4-10-21;19-22(20,16-9-5-11-21-16)18(15-7-2-1-3-8-15)13-14-6-4-10-17-12-14;9-7-6-8-4-2-1-3-5-8;1-2-3-4/h1-6,8-10,12-14,18,22H,7,11,15-17,19-20H2;1-3,5,7-9,11,14,17H,4,6,10,12-13H2;1-5H,6-7H2;2,4H,1H3/b;;;3-2+. The maximum atomic E-state index is 13.4. The van der Waals surface area contributed by atoms with E-state index in [0.717, 1.165) is 88.0 Å². The van der Waals surface area contributed by atoms with E-state index in [4.69, 9.17) is 5.21 Å². The van der Waals surface area contributed by atoms with Gasteiger partial charge in [-0.1, -0.05) is 125 Å². The van der Waals surface area contributed by atoms with Crippen LogP contribution in [0.4, 0.5) is 11.4 Å². The van der Waals surface area contributed by atoms with Gasteiger partial charge in [0.25, 0.3) is 20.0 Å². The fourth-order valence-corrected chi connectivity index (χ4v) is 13.4. The zero-order chi connectivity index (χ0) is 46.2. The van der Waals surface area contributed by atoms with Crippen LogP contribution in [0, 0.1) is 11.8 Å². The van der Waals surface area contributed by atoms with Gasteiger partial charge in [0.2, 0.25) is 0 Å². The summed E-state index contributed by atoms with van der Waals surface area (Å²) in [6.45, 7) is 7.64. The number of benzene rings is 4. The van der Waals surface area contributed by atoms with Gasteiger partial charge >= 0.3 is 0 Å². The highest BCUT2D eigenvalue weighted by Gasteiger charge is 2.31. The Bertz CT molecular complexity index is 2410. The molecule has 2 saturated heterocycles. The molecule has 2 unspecified atom stereocenters. The van der Waals surface area contributed by atoms with Crippen molar-refractivity contribution in [3.05, 3.63) is 167 Å². The van der Waals surface area contributed by atoms with Crippen LogP contribution in [0.15, 0.2) is 170 Å². The number of alkyl halides is 1. The van der Waals surface area contributed by atoms with Crippen molar-refractivity contribution in [2.45, 2.75) is 53.9 Å². The van der Waals surface area contributed by atoms with Crippen molar-refractivity contribution in [2.24, 2.45) is 17.0 Å². The van der Waals surface area contributed by atoms with Crippen LogP contribution in [-0.4, -0.2) is 84.3 Å². The van der Waals surface area contributed by atoms with Crippen molar-refractivity contribution in [3.63, 3.8) is 0 Å². The summed E-state index contributed by atoms with van der Waals surface area (Å²) < 4.78 is 56.7. The highest BCUT2D eigenvalue weighted by Crippen LogP contribution is 2.31. The molecule has 2 aliphatic rings. The first-order valence-corrected chi connectivity index (χ1v) is 27.8. The van der Waals surface area contributed by atoms with Crippen molar-refractivity contribution in [2.75, 3.05) is 59.8 Å². The van der Waals surface area contributed by atoms with Gasteiger partial charge in [0, 0.05) is 37.7 Å². The molecule has 2 aromatic heterocycles. The first kappa shape index (κ1) is 51.6. The van der Waals surface area contributed by atoms with Gasteiger partial charge in [-0.2, -0.15) is 0 Å². The first-order valence-electron chi connectivity index (χ1n) is 22.1. The fourth-order valence-electron chi connectivity index (χ4n) is 7.65. The molecule has 6 aromatic rings. The molecular weight excluding hydrogens is 959 g/mol. The molecule has 0 bridgehead atoms. The van der Waals surface area contributed by atoms with Crippen molar-refractivity contribution >= 4 is 76.2 Å². The zero-order valence-corrected chi connectivity index (χ0v) is 41.9. The second kappa shape index (κ2) is 28.0. The maximum Gasteiger partial charge on any atom is 0.273 e. The Kier molecular flexibility index (Phi) is 22.2. The molecule has 65 heavy (non-hydrogen) atoms. The monoisotopic (exact) mass is 1020 g/mol. The smallest absolute Gasteiger partial charge is 0.273 e. The zero-order valence-electron chi connectivity index (χ0n) is 37.0. The third kappa shape index (κ3) is 16.8. The van der Waals surface area contributed by atoms with Crippen molar-refractivity contribution in [1.82, 2.24) is 10.2 Å². The highest BCUT2D eigenvalue weighted by molar-refractivity contribution is 9.09. The average Bonchev–Trinajstić information content (AvgIpc) is 4.12. The molecule has 2 aliphatic heterocycles. The Morgan fingerprint density at radius 1 is 0.677 bits per heavy atom. The minimum absolute atomic E-state index is 0.324. The van der Waals surface area contributed by atoms with E-state index in [1.807, 2.05) is 78.2 Å². The third-order valence-corrected chi connectivity index (χ3v) is 17.6. The Hall–Kier alpha value is -4.35. The normalized spacial score (nSPS) is 16.5. The summed E-state index contributed by atoms with van der Waals surface area (Å²) in [5, 5.41) is 18.1. The lowest BCUT2D eigenvalue weighted by atomic mass is 9.97. The number of hydrogen-bond donors (Lipinski definition) is 2. The number of para-hydroxylation sites is 2. The predicted octanol–water partition coefficient (Wildman–Crippen LogP) is 10.9. The van der Waals surface area contributed by atoms with Crippen molar-refractivity contribution < 1.29 is 22.0 Å². The first-order chi connectivity index (χ1) is 31.6. The molecule has 8 rings (SSSR count). The number of nitrogens with one attached hydrogen (secondary N) is 1. The lowest BCUT2D eigenvalue weighted by Gasteiger charge is -2.36. The second-order valence-electron chi connectivity index (χ2n) is 15.7. The van der Waals surface area contributed by atoms with Crippen LogP contribution in [-0.2, 0) is 32.9 Å². The number of halogens is 1. The van der Waals surface area contributed by atoms with Crippen LogP contribution in [0.2, 0.25) is 0 Å². The summed E-state index contributed by atoms with van der Waals surface area (Å²) in [5.41, 5.74) is 4.23. The van der Waals surface area contributed by atoms with Crippen molar-refractivity contribution in [1.29, 1.82) is 0 Å². The molecule has 4 heterocycles. The van der Waals surface area contributed by atoms with E-state index in [2.05, 4.69) is 79.8 Å². The van der Waals surface area contributed by atoms with Crippen LogP contribution < -0.4 is 13.9 Å². The quantitative estimate of drug-likeness (QED) is 0.0455. The van der Waals surface area contributed by atoms with E-state index in [9.17, 15) is 16.8 Å². The molecule has 0 radical (unpaired) electrons. The molecule has 2 atom stereocenters. The molecule has 0 saturated carbocycles. The largest absolute Gasteiger partial charge is 0.411 e. The van der Waals surface area contributed by atoms with Gasteiger partial charge < -0.3 is 15.4 Å². The predicted molar refractivity (Wildman–Crippen MR) is 275 cm³/mol. The van der Waals surface area contributed by atoms with Crippen LogP contribution in [0.1, 0.15) is 43.7 Å². The van der Waals surface area contributed by atoms with Crippen LogP contribution >= 0.6 is 38.6 Å². The molecule has 15 heteroatoms. The van der Waals surface area contributed by atoms with Gasteiger partial charge in [-0.15, -0.1) is 27.8 Å². The number of likely N-dealkylation sites (tertiary alicyclic amines) is 1. The van der Waals surface area contributed by atoms with Gasteiger partial charge in [0.05, 0.1) is 11.4 Å². The van der Waals surface area contributed by atoms with Crippen molar-refractivity contribution in [3.8, 4) is 0 Å². The lowest BCUT2D eigenvalue weighted by molar-refractivity contribution is 0.180. The number of thiophene rings is 2. The summed E-state index contributed by atoms with van der Waals surface area (Å²) in [6.07, 6.45) is 7.80.